The molecule has 2 aromatic heterocycles. The Kier molecular flexibility index (Phi) is 6.26. The maximum Gasteiger partial charge on any atom is 0.417 e. The Morgan fingerprint density at radius 1 is 1.21 bits per heavy atom. The summed E-state index contributed by atoms with van der Waals surface area (Å²) in [5.74, 6) is 0.634. The minimum Gasteiger partial charge on any atom is -0.377 e. The van der Waals surface area contributed by atoms with Crippen molar-refractivity contribution in [2.75, 3.05) is 44.7 Å². The Hall–Kier alpha value is -1.91. The van der Waals surface area contributed by atoms with Crippen molar-refractivity contribution < 1.29 is 22.7 Å². The molecule has 0 aromatic carbocycles. The number of anilines is 1. The number of aromatic nitrogens is 1. The van der Waals surface area contributed by atoms with E-state index in [-0.39, 0.29) is 15.8 Å². The van der Waals surface area contributed by atoms with Crippen LogP contribution in [0.3, 0.4) is 0 Å². The van der Waals surface area contributed by atoms with Gasteiger partial charge in [-0.25, -0.2) is 4.98 Å². The van der Waals surface area contributed by atoms with Crippen LogP contribution in [0.1, 0.15) is 48.0 Å². The molecule has 1 saturated carbocycles. The summed E-state index contributed by atoms with van der Waals surface area (Å²) in [6, 6.07) is 1.56. The van der Waals surface area contributed by atoms with Crippen molar-refractivity contribution in [1.29, 1.82) is 0 Å². The van der Waals surface area contributed by atoms with E-state index in [4.69, 9.17) is 4.74 Å². The smallest absolute Gasteiger partial charge is 0.377 e. The first kappa shape index (κ1) is 22.9. The average Bonchev–Trinajstić information content (AvgIpc) is 3.35. The maximum atomic E-state index is 13.8. The molecule has 5 rings (SSSR count). The molecule has 1 N–H and O–H groups in total. The summed E-state index contributed by atoms with van der Waals surface area (Å²) >= 11 is 0.913. The second-order valence-corrected chi connectivity index (χ2v) is 10.2. The molecular weight excluding hydrogens is 453 g/mol. The predicted molar refractivity (Wildman–Crippen MR) is 122 cm³/mol. The van der Waals surface area contributed by atoms with Gasteiger partial charge in [-0.15, -0.1) is 11.3 Å². The predicted octanol–water partition coefficient (Wildman–Crippen LogP) is 4.14. The first-order valence-electron chi connectivity index (χ1n) is 11.7. The van der Waals surface area contributed by atoms with E-state index in [1.807, 2.05) is 4.90 Å². The zero-order valence-corrected chi connectivity index (χ0v) is 19.5. The quantitative estimate of drug-likeness (QED) is 0.671. The number of hydrogen-bond donors (Lipinski definition) is 1. The standard InChI is InChI=1S/C23H29F3N4O2S/c1-27-22(31)17-13-33-21-18(23(24,25)26)10-19(28-20(17)21)29-7-4-15(5-8-29)30-9-6-16(11-30)32-12-14-2-3-14/h10,13-16H,2-9,11-12H2,1H3,(H,27,31). The van der Waals surface area contributed by atoms with E-state index in [2.05, 4.69) is 15.2 Å². The van der Waals surface area contributed by atoms with Crippen LogP contribution in [-0.4, -0.2) is 67.8 Å². The lowest BCUT2D eigenvalue weighted by Crippen LogP contribution is -2.44. The van der Waals surface area contributed by atoms with Crippen LogP contribution in [0, 0.1) is 5.92 Å². The molecule has 1 unspecified atom stereocenters. The van der Waals surface area contributed by atoms with Crippen molar-refractivity contribution in [3.05, 3.63) is 22.6 Å². The number of carbonyl (C=O) groups excluding carboxylic acids is 1. The van der Waals surface area contributed by atoms with Gasteiger partial charge in [0.05, 0.1) is 27.4 Å². The largest absolute Gasteiger partial charge is 0.417 e. The molecule has 1 aliphatic carbocycles. The second kappa shape index (κ2) is 9.03. The molecule has 1 atom stereocenters. The molecule has 2 saturated heterocycles. The second-order valence-electron chi connectivity index (χ2n) is 9.33. The van der Waals surface area contributed by atoms with Crippen LogP contribution in [-0.2, 0) is 10.9 Å². The van der Waals surface area contributed by atoms with Crippen molar-refractivity contribution in [2.45, 2.75) is 50.4 Å². The fraction of sp³-hybridized carbons (Fsp3) is 0.652. The number of fused-ring (bicyclic) bond motifs is 1. The molecule has 2 aliphatic heterocycles. The zero-order chi connectivity index (χ0) is 23.2. The van der Waals surface area contributed by atoms with Gasteiger partial charge in [-0.05, 0) is 44.1 Å². The van der Waals surface area contributed by atoms with Gasteiger partial charge >= 0.3 is 6.18 Å². The summed E-state index contributed by atoms with van der Waals surface area (Å²) in [6.45, 7) is 4.14. The number of alkyl halides is 3. The van der Waals surface area contributed by atoms with Crippen LogP contribution >= 0.6 is 11.3 Å². The van der Waals surface area contributed by atoms with E-state index in [1.54, 1.807) is 0 Å². The number of nitrogens with zero attached hydrogens (tertiary/aromatic N) is 3. The molecule has 6 nitrogen and oxygen atoms in total. The van der Waals surface area contributed by atoms with Gasteiger partial charge in [0.1, 0.15) is 5.82 Å². The third-order valence-electron chi connectivity index (χ3n) is 7.03. The fourth-order valence-corrected chi connectivity index (χ4v) is 5.93. The molecular formula is C23H29F3N4O2S. The summed E-state index contributed by atoms with van der Waals surface area (Å²) in [5.41, 5.74) is -0.407. The minimum atomic E-state index is -4.51. The van der Waals surface area contributed by atoms with Gasteiger partial charge in [0.15, 0.2) is 0 Å². The van der Waals surface area contributed by atoms with E-state index in [0.717, 1.165) is 62.3 Å². The van der Waals surface area contributed by atoms with Crippen molar-refractivity contribution in [3.8, 4) is 0 Å². The molecule has 33 heavy (non-hydrogen) atoms. The molecule has 0 radical (unpaired) electrons. The Bertz CT molecular complexity index is 1020. The van der Waals surface area contributed by atoms with Gasteiger partial charge in [0.25, 0.3) is 5.91 Å². The number of carbonyl (C=O) groups is 1. The van der Waals surface area contributed by atoms with Gasteiger partial charge in [-0.3, -0.25) is 9.69 Å². The molecule has 3 fully saturated rings. The van der Waals surface area contributed by atoms with Crippen LogP contribution in [0.5, 0.6) is 0 Å². The monoisotopic (exact) mass is 482 g/mol. The van der Waals surface area contributed by atoms with Crippen LogP contribution in [0.25, 0.3) is 10.2 Å². The highest BCUT2D eigenvalue weighted by Crippen LogP contribution is 2.40. The number of thiophene rings is 1. The van der Waals surface area contributed by atoms with E-state index >= 15 is 0 Å². The normalized spacial score (nSPS) is 22.9. The molecule has 180 valence electrons. The van der Waals surface area contributed by atoms with E-state index in [1.165, 1.54) is 25.3 Å². The molecule has 1 amide bonds. The van der Waals surface area contributed by atoms with Gasteiger partial charge in [0, 0.05) is 51.3 Å². The van der Waals surface area contributed by atoms with E-state index in [9.17, 15) is 18.0 Å². The Morgan fingerprint density at radius 2 is 1.97 bits per heavy atom. The summed E-state index contributed by atoms with van der Waals surface area (Å²) < 4.78 is 47.5. The highest BCUT2D eigenvalue weighted by Gasteiger charge is 2.37. The number of nitrogens with one attached hydrogen (secondary N) is 1. The van der Waals surface area contributed by atoms with Crippen LogP contribution < -0.4 is 10.2 Å². The van der Waals surface area contributed by atoms with Crippen molar-refractivity contribution >= 4 is 33.3 Å². The number of likely N-dealkylation sites (tertiary alicyclic amines) is 1. The Balaban J connectivity index is 1.29. The lowest BCUT2D eigenvalue weighted by molar-refractivity contribution is -0.136. The minimum absolute atomic E-state index is 0.00837. The number of amides is 1. The number of piperidine rings is 1. The highest BCUT2D eigenvalue weighted by atomic mass is 32.1. The van der Waals surface area contributed by atoms with E-state index in [0.29, 0.717) is 31.1 Å². The SMILES string of the molecule is CNC(=O)c1csc2c(C(F)(F)F)cc(N3CCC(N4CCC(OCC5CC5)C4)CC3)nc12. The van der Waals surface area contributed by atoms with Crippen LogP contribution in [0.2, 0.25) is 0 Å². The summed E-state index contributed by atoms with van der Waals surface area (Å²) in [5, 5.41) is 3.95. The van der Waals surface area contributed by atoms with Gasteiger partial charge < -0.3 is 15.0 Å². The first-order valence-corrected chi connectivity index (χ1v) is 12.5. The van der Waals surface area contributed by atoms with Crippen LogP contribution in [0.4, 0.5) is 19.0 Å². The molecule has 10 heteroatoms. The maximum absolute atomic E-state index is 13.8. The number of pyridine rings is 1. The highest BCUT2D eigenvalue weighted by molar-refractivity contribution is 7.17. The average molecular weight is 483 g/mol. The molecule has 3 aliphatic rings. The molecule has 2 aromatic rings. The topological polar surface area (TPSA) is 57.7 Å². The number of halogens is 3. The van der Waals surface area contributed by atoms with Crippen molar-refractivity contribution in [3.63, 3.8) is 0 Å². The van der Waals surface area contributed by atoms with Gasteiger partial charge in [-0.1, -0.05) is 0 Å². The van der Waals surface area contributed by atoms with Crippen LogP contribution in [0.15, 0.2) is 11.4 Å². The summed E-state index contributed by atoms with van der Waals surface area (Å²) in [7, 11) is 1.46. The lowest BCUT2D eigenvalue weighted by atomic mass is 10.0. The van der Waals surface area contributed by atoms with E-state index < -0.39 is 17.6 Å². The third kappa shape index (κ3) is 4.83. The molecule has 4 heterocycles. The summed E-state index contributed by atoms with van der Waals surface area (Å²) in [6.07, 6.45) is 1.19. The molecule has 0 spiro atoms. The number of ether oxygens (including phenoxy) is 1. The zero-order valence-electron chi connectivity index (χ0n) is 18.7. The molecule has 0 bridgehead atoms. The Labute approximate surface area is 195 Å². The van der Waals surface area contributed by atoms with Crippen molar-refractivity contribution in [1.82, 2.24) is 15.2 Å². The number of rotatable bonds is 6. The van der Waals surface area contributed by atoms with Crippen molar-refractivity contribution in [2.24, 2.45) is 5.92 Å². The lowest BCUT2D eigenvalue weighted by Gasteiger charge is -2.37. The number of hydrogen-bond acceptors (Lipinski definition) is 6. The third-order valence-corrected chi connectivity index (χ3v) is 8.03. The summed E-state index contributed by atoms with van der Waals surface area (Å²) in [4.78, 5) is 21.1. The van der Waals surface area contributed by atoms with Gasteiger partial charge in [-0.2, -0.15) is 13.2 Å². The fourth-order valence-electron chi connectivity index (χ4n) is 4.90. The first-order chi connectivity index (χ1) is 15.8. The Morgan fingerprint density at radius 3 is 2.64 bits per heavy atom. The van der Waals surface area contributed by atoms with Gasteiger partial charge in [0.2, 0.25) is 0 Å².